The van der Waals surface area contributed by atoms with Crippen LogP contribution in [0.25, 0.3) is 5.57 Å². The molecule has 0 atom stereocenters. The minimum atomic E-state index is -0.175. The largest absolute Gasteiger partial charge is 0.463 e. The summed E-state index contributed by atoms with van der Waals surface area (Å²) in [5.41, 5.74) is 5.50. The maximum Gasteiger partial charge on any atom is 0.310 e. The topological polar surface area (TPSA) is 38.3 Å². The number of ether oxygens (including phenoxy) is 1. The van der Waals surface area contributed by atoms with Gasteiger partial charge in [0.2, 0.25) is 0 Å². The molecule has 0 saturated carbocycles. The summed E-state index contributed by atoms with van der Waals surface area (Å²) in [5.74, 6) is -0.175. The lowest BCUT2D eigenvalue weighted by atomic mass is 9.94. The second kappa shape index (κ2) is 7.13. The van der Waals surface area contributed by atoms with Crippen LogP contribution in [0.1, 0.15) is 45.2 Å². The van der Waals surface area contributed by atoms with Crippen molar-refractivity contribution < 1.29 is 9.53 Å². The molecule has 0 heterocycles. The molecule has 3 heteroatoms. The molecular formula is C17H25NO2. The van der Waals surface area contributed by atoms with Crippen LogP contribution in [0.2, 0.25) is 0 Å². The maximum absolute atomic E-state index is 11.9. The van der Waals surface area contributed by atoms with Gasteiger partial charge in [0.25, 0.3) is 0 Å². The molecule has 1 aromatic carbocycles. The number of esters is 1. The predicted octanol–water partition coefficient (Wildman–Crippen LogP) is 4.17. The molecule has 0 amide bonds. The molecule has 0 aliphatic heterocycles. The minimum absolute atomic E-state index is 0.0781. The fraction of sp³-hybridized carbons (Fsp3) is 0.471. The van der Waals surface area contributed by atoms with E-state index in [1.165, 1.54) is 0 Å². The summed E-state index contributed by atoms with van der Waals surface area (Å²) in [7, 11) is 1.89. The average molecular weight is 275 g/mol. The molecule has 0 aromatic heterocycles. The summed E-state index contributed by atoms with van der Waals surface area (Å²) < 4.78 is 5.26. The smallest absolute Gasteiger partial charge is 0.310 e. The van der Waals surface area contributed by atoms with Crippen molar-refractivity contribution >= 4 is 17.2 Å². The van der Waals surface area contributed by atoms with E-state index in [-0.39, 0.29) is 12.1 Å². The lowest BCUT2D eigenvalue weighted by molar-refractivity contribution is -0.146. The van der Waals surface area contributed by atoms with Crippen molar-refractivity contribution in [2.24, 2.45) is 0 Å². The van der Waals surface area contributed by atoms with Gasteiger partial charge in [-0.2, -0.15) is 0 Å². The number of hydrogen-bond acceptors (Lipinski definition) is 3. The van der Waals surface area contributed by atoms with Crippen molar-refractivity contribution in [2.45, 2.75) is 47.1 Å². The van der Waals surface area contributed by atoms with Gasteiger partial charge in [-0.15, -0.1) is 0 Å². The molecule has 1 N–H and O–H groups in total. The molecule has 0 bridgehead atoms. The van der Waals surface area contributed by atoms with Gasteiger partial charge in [0.05, 0.1) is 12.5 Å². The molecule has 0 unspecified atom stereocenters. The molecule has 0 spiro atoms. The van der Waals surface area contributed by atoms with Crippen LogP contribution >= 0.6 is 0 Å². The van der Waals surface area contributed by atoms with E-state index in [4.69, 9.17) is 4.74 Å². The van der Waals surface area contributed by atoms with E-state index in [2.05, 4.69) is 24.4 Å². The van der Waals surface area contributed by atoms with Crippen LogP contribution in [0.4, 0.5) is 5.69 Å². The highest BCUT2D eigenvalue weighted by molar-refractivity contribution is 5.87. The van der Waals surface area contributed by atoms with Crippen molar-refractivity contribution in [2.75, 3.05) is 12.4 Å². The molecule has 0 aliphatic carbocycles. The fourth-order valence-electron chi connectivity index (χ4n) is 2.09. The van der Waals surface area contributed by atoms with Gasteiger partial charge in [-0.3, -0.25) is 4.79 Å². The SMILES string of the molecule is CNc1ccc(C)c(C(CC(=O)OC(C)C)=C(C)C)c1. The lowest BCUT2D eigenvalue weighted by Gasteiger charge is -2.15. The molecule has 0 aliphatic rings. The van der Waals surface area contributed by atoms with Crippen LogP contribution in [-0.2, 0) is 9.53 Å². The highest BCUT2D eigenvalue weighted by Crippen LogP contribution is 2.28. The Kier molecular flexibility index (Phi) is 5.81. The normalized spacial score (nSPS) is 10.3. The molecule has 20 heavy (non-hydrogen) atoms. The zero-order valence-corrected chi connectivity index (χ0v) is 13.3. The van der Waals surface area contributed by atoms with Gasteiger partial charge in [-0.25, -0.2) is 0 Å². The Labute approximate surface area is 122 Å². The second-order valence-corrected chi connectivity index (χ2v) is 5.47. The minimum Gasteiger partial charge on any atom is -0.463 e. The number of allylic oxidation sites excluding steroid dienone is 1. The molecule has 0 saturated heterocycles. The first-order valence-corrected chi connectivity index (χ1v) is 6.99. The second-order valence-electron chi connectivity index (χ2n) is 5.47. The number of hydrogen-bond donors (Lipinski definition) is 1. The van der Waals surface area contributed by atoms with Crippen molar-refractivity contribution in [1.82, 2.24) is 0 Å². The maximum atomic E-state index is 11.9. The Morgan fingerprint density at radius 2 is 1.95 bits per heavy atom. The zero-order chi connectivity index (χ0) is 15.3. The van der Waals surface area contributed by atoms with E-state index in [0.29, 0.717) is 6.42 Å². The Balaban J connectivity index is 3.10. The van der Waals surface area contributed by atoms with Gasteiger partial charge in [0, 0.05) is 12.7 Å². The van der Waals surface area contributed by atoms with Crippen molar-refractivity contribution in [3.63, 3.8) is 0 Å². The van der Waals surface area contributed by atoms with E-state index in [1.54, 1.807) is 0 Å². The highest BCUT2D eigenvalue weighted by Gasteiger charge is 2.14. The Morgan fingerprint density at radius 1 is 1.30 bits per heavy atom. The first-order valence-electron chi connectivity index (χ1n) is 6.99. The standard InChI is InChI=1S/C17H25NO2/c1-11(2)15(10-17(19)20-12(3)4)16-9-14(18-6)8-7-13(16)5/h7-9,12,18H,10H2,1-6H3. The molecule has 0 radical (unpaired) electrons. The summed E-state index contributed by atoms with van der Waals surface area (Å²) in [4.78, 5) is 11.9. The van der Waals surface area contributed by atoms with Crippen molar-refractivity contribution in [1.29, 1.82) is 0 Å². The Bertz CT molecular complexity index is 512. The summed E-state index contributed by atoms with van der Waals surface area (Å²) in [5, 5.41) is 3.14. The molecular weight excluding hydrogens is 250 g/mol. The lowest BCUT2D eigenvalue weighted by Crippen LogP contribution is -2.12. The first-order chi connectivity index (χ1) is 9.35. The van der Waals surface area contributed by atoms with E-state index in [1.807, 2.05) is 40.8 Å². The van der Waals surface area contributed by atoms with Crippen molar-refractivity contribution in [3.05, 3.63) is 34.9 Å². The van der Waals surface area contributed by atoms with E-state index in [0.717, 1.165) is 28.0 Å². The van der Waals surface area contributed by atoms with Gasteiger partial charge in [0.1, 0.15) is 0 Å². The third kappa shape index (κ3) is 4.41. The molecule has 0 fully saturated rings. The van der Waals surface area contributed by atoms with Crippen molar-refractivity contribution in [3.8, 4) is 0 Å². The molecule has 1 aromatic rings. The fourth-order valence-corrected chi connectivity index (χ4v) is 2.09. The van der Waals surface area contributed by atoms with Crippen LogP contribution < -0.4 is 5.32 Å². The number of carbonyl (C=O) groups is 1. The van der Waals surface area contributed by atoms with E-state index < -0.39 is 0 Å². The monoisotopic (exact) mass is 275 g/mol. The quantitative estimate of drug-likeness (QED) is 0.820. The highest BCUT2D eigenvalue weighted by atomic mass is 16.5. The average Bonchev–Trinajstić information content (AvgIpc) is 2.35. The number of nitrogens with one attached hydrogen (secondary N) is 1. The van der Waals surface area contributed by atoms with Gasteiger partial charge in [0.15, 0.2) is 0 Å². The van der Waals surface area contributed by atoms with Crippen LogP contribution in [0.15, 0.2) is 23.8 Å². The summed E-state index contributed by atoms with van der Waals surface area (Å²) in [6.45, 7) is 9.86. The summed E-state index contributed by atoms with van der Waals surface area (Å²) in [6.07, 6.45) is 0.236. The number of aryl methyl sites for hydroxylation is 1. The Hall–Kier alpha value is -1.77. The van der Waals surface area contributed by atoms with E-state index in [9.17, 15) is 4.79 Å². The molecule has 110 valence electrons. The third-order valence-corrected chi connectivity index (χ3v) is 3.14. The van der Waals surface area contributed by atoms with Gasteiger partial charge in [-0.05, 0) is 63.5 Å². The van der Waals surface area contributed by atoms with Gasteiger partial charge >= 0.3 is 5.97 Å². The molecule has 3 nitrogen and oxygen atoms in total. The van der Waals surface area contributed by atoms with Crippen LogP contribution in [0.5, 0.6) is 0 Å². The summed E-state index contributed by atoms with van der Waals surface area (Å²) >= 11 is 0. The summed E-state index contributed by atoms with van der Waals surface area (Å²) in [6, 6.07) is 6.19. The predicted molar refractivity (Wildman–Crippen MR) is 84.8 cm³/mol. The molecule has 1 rings (SSSR count). The number of carbonyl (C=O) groups excluding carboxylic acids is 1. The number of rotatable bonds is 5. The van der Waals surface area contributed by atoms with Crippen LogP contribution in [0.3, 0.4) is 0 Å². The zero-order valence-electron chi connectivity index (χ0n) is 13.3. The van der Waals surface area contributed by atoms with Gasteiger partial charge in [-0.1, -0.05) is 11.6 Å². The van der Waals surface area contributed by atoms with Crippen LogP contribution in [-0.4, -0.2) is 19.1 Å². The Morgan fingerprint density at radius 3 is 2.45 bits per heavy atom. The van der Waals surface area contributed by atoms with Gasteiger partial charge < -0.3 is 10.1 Å². The first kappa shape index (κ1) is 16.3. The third-order valence-electron chi connectivity index (χ3n) is 3.14. The van der Waals surface area contributed by atoms with E-state index >= 15 is 0 Å². The number of benzene rings is 1. The number of anilines is 1. The van der Waals surface area contributed by atoms with Crippen LogP contribution in [0, 0.1) is 6.92 Å².